The van der Waals surface area contributed by atoms with Crippen LogP contribution < -0.4 is 30.3 Å². The summed E-state index contributed by atoms with van der Waals surface area (Å²) < 4.78 is 21.8. The third-order valence-electron chi connectivity index (χ3n) is 5.32. The van der Waals surface area contributed by atoms with Crippen molar-refractivity contribution < 1.29 is 38.4 Å². The fraction of sp³-hybridized carbons (Fsp3) is 0.280. The van der Waals surface area contributed by atoms with Gasteiger partial charge < -0.3 is 34.7 Å². The number of methoxy groups -OCH3 is 2. The number of hydrogen-bond donors (Lipinski definition) is 4. The maximum absolute atomic E-state index is 12.5. The lowest BCUT2D eigenvalue weighted by Gasteiger charge is -2.28. The largest absolute Gasteiger partial charge is 0.504 e. The number of aromatic hydroxyl groups is 1. The zero-order chi connectivity index (χ0) is 27.8. The first-order chi connectivity index (χ1) is 18.2. The summed E-state index contributed by atoms with van der Waals surface area (Å²) in [6.07, 6.45) is 1.40. The molecule has 1 aliphatic heterocycles. The maximum atomic E-state index is 12.5. The molecule has 38 heavy (non-hydrogen) atoms. The lowest BCUT2D eigenvalue weighted by Crippen LogP contribution is -2.45. The molecule has 3 amide bonds. The van der Waals surface area contributed by atoms with E-state index in [4.69, 9.17) is 18.9 Å². The van der Waals surface area contributed by atoms with Crippen LogP contribution >= 0.6 is 22.6 Å². The lowest BCUT2D eigenvalue weighted by molar-refractivity contribution is -0.139. The Labute approximate surface area is 232 Å². The standard InChI is InChI=1S/C25H27IN4O8/c1-5-37-24(33)21-13(2)28-25(34)29-22(21)15-6-7-17(18(10-15)35-3)38-12-20(31)30-27-11-14-8-16(26)23(32)19(9-14)36-4/h6-11,22,32H,5,12H2,1-4H3,(H,30,31)(H2,28,29,34)/b27-11-/t22-/m1/s1. The van der Waals surface area contributed by atoms with Gasteiger partial charge in [-0.25, -0.2) is 15.0 Å². The number of phenols is 1. The van der Waals surface area contributed by atoms with Crippen molar-refractivity contribution in [1.82, 2.24) is 16.1 Å². The number of carbonyl (C=O) groups is 3. The van der Waals surface area contributed by atoms with E-state index in [0.717, 1.165) is 0 Å². The molecule has 202 valence electrons. The van der Waals surface area contributed by atoms with Crippen molar-refractivity contribution >= 4 is 46.7 Å². The van der Waals surface area contributed by atoms with Gasteiger partial charge in [-0.3, -0.25) is 4.79 Å². The molecule has 4 N–H and O–H groups in total. The first-order valence-electron chi connectivity index (χ1n) is 11.3. The Bertz CT molecular complexity index is 1290. The van der Waals surface area contributed by atoms with Crippen molar-refractivity contribution in [1.29, 1.82) is 0 Å². The first kappa shape index (κ1) is 28.6. The van der Waals surface area contributed by atoms with Crippen LogP contribution in [-0.4, -0.2) is 56.7 Å². The van der Waals surface area contributed by atoms with E-state index in [9.17, 15) is 19.5 Å². The highest BCUT2D eigenvalue weighted by Crippen LogP contribution is 2.35. The molecule has 1 heterocycles. The number of hydrogen-bond acceptors (Lipinski definition) is 9. The van der Waals surface area contributed by atoms with E-state index in [2.05, 4.69) is 21.2 Å². The van der Waals surface area contributed by atoms with Gasteiger partial charge in [0.1, 0.15) is 0 Å². The number of hydrazone groups is 1. The Kier molecular flexibility index (Phi) is 9.76. The number of ether oxygens (including phenoxy) is 4. The molecule has 0 aliphatic carbocycles. The van der Waals surface area contributed by atoms with Crippen molar-refractivity contribution in [2.75, 3.05) is 27.4 Å². The molecule has 0 radical (unpaired) electrons. The Morgan fingerprint density at radius 1 is 1.16 bits per heavy atom. The molecule has 0 saturated heterocycles. The molecule has 1 atom stereocenters. The third-order valence-corrected chi connectivity index (χ3v) is 6.14. The Morgan fingerprint density at radius 3 is 2.58 bits per heavy atom. The molecule has 0 spiro atoms. The van der Waals surface area contributed by atoms with Crippen LogP contribution in [0.3, 0.4) is 0 Å². The molecule has 2 aromatic rings. The van der Waals surface area contributed by atoms with E-state index in [1.54, 1.807) is 44.2 Å². The van der Waals surface area contributed by atoms with Crippen LogP contribution in [0.25, 0.3) is 0 Å². The zero-order valence-electron chi connectivity index (χ0n) is 21.1. The second kappa shape index (κ2) is 13.0. The van der Waals surface area contributed by atoms with Crippen LogP contribution in [0.2, 0.25) is 0 Å². The second-order valence-corrected chi connectivity index (χ2v) is 9.00. The smallest absolute Gasteiger partial charge is 0.338 e. The summed E-state index contributed by atoms with van der Waals surface area (Å²) in [7, 11) is 2.86. The number of nitrogens with one attached hydrogen (secondary N) is 3. The second-order valence-electron chi connectivity index (χ2n) is 7.84. The summed E-state index contributed by atoms with van der Waals surface area (Å²) in [6.45, 7) is 3.13. The van der Waals surface area contributed by atoms with Crippen LogP contribution in [0.4, 0.5) is 4.79 Å². The van der Waals surface area contributed by atoms with Crippen LogP contribution in [0.5, 0.6) is 23.0 Å². The van der Waals surface area contributed by atoms with Crippen LogP contribution in [-0.2, 0) is 14.3 Å². The van der Waals surface area contributed by atoms with E-state index in [-0.39, 0.29) is 36.0 Å². The van der Waals surface area contributed by atoms with Crippen molar-refractivity contribution in [2.45, 2.75) is 19.9 Å². The number of halogens is 1. The number of urea groups is 1. The minimum atomic E-state index is -0.773. The molecular formula is C25H27IN4O8. The highest BCUT2D eigenvalue weighted by molar-refractivity contribution is 14.1. The molecule has 12 nitrogen and oxygen atoms in total. The maximum Gasteiger partial charge on any atom is 0.338 e. The van der Waals surface area contributed by atoms with Crippen LogP contribution in [0.1, 0.15) is 31.0 Å². The van der Waals surface area contributed by atoms with E-state index >= 15 is 0 Å². The summed E-state index contributed by atoms with van der Waals surface area (Å²) in [6, 6.07) is 6.84. The van der Waals surface area contributed by atoms with Gasteiger partial charge in [0.05, 0.1) is 42.2 Å². The van der Waals surface area contributed by atoms with Gasteiger partial charge in [0, 0.05) is 5.70 Å². The number of allylic oxidation sites excluding steroid dienone is 1. The number of rotatable bonds is 10. The number of amides is 3. The quantitative estimate of drug-likeness (QED) is 0.134. The van der Waals surface area contributed by atoms with Crippen LogP contribution in [0, 0.1) is 3.57 Å². The van der Waals surface area contributed by atoms with Crippen molar-refractivity contribution in [3.05, 3.63) is 56.3 Å². The number of carbonyl (C=O) groups excluding carboxylic acids is 3. The summed E-state index contributed by atoms with van der Waals surface area (Å²) >= 11 is 1.96. The molecule has 0 aromatic heterocycles. The van der Waals surface area contributed by atoms with E-state index < -0.39 is 23.9 Å². The summed E-state index contributed by atoms with van der Waals surface area (Å²) in [5.41, 5.74) is 4.17. The predicted octanol–water partition coefficient (Wildman–Crippen LogP) is 2.73. The minimum absolute atomic E-state index is 0.0217. The van der Waals surface area contributed by atoms with Gasteiger partial charge >= 0.3 is 12.0 Å². The van der Waals surface area contributed by atoms with Crippen LogP contribution in [0.15, 0.2) is 46.7 Å². The van der Waals surface area contributed by atoms with Gasteiger partial charge in [-0.05, 0) is 71.8 Å². The molecule has 3 rings (SSSR count). The lowest BCUT2D eigenvalue weighted by atomic mass is 9.95. The number of nitrogens with zero attached hydrogens (tertiary/aromatic N) is 1. The Balaban J connectivity index is 1.69. The highest BCUT2D eigenvalue weighted by Gasteiger charge is 2.32. The number of phenolic OH excluding ortho intramolecular Hbond substituents is 1. The zero-order valence-corrected chi connectivity index (χ0v) is 23.2. The van der Waals surface area contributed by atoms with Gasteiger partial charge in [0.15, 0.2) is 29.6 Å². The Morgan fingerprint density at radius 2 is 1.89 bits per heavy atom. The molecule has 1 aliphatic rings. The van der Waals surface area contributed by atoms with Crippen molar-refractivity contribution in [3.8, 4) is 23.0 Å². The normalized spacial score (nSPS) is 15.0. The molecule has 2 aromatic carbocycles. The highest BCUT2D eigenvalue weighted by atomic mass is 127. The molecule has 0 saturated carbocycles. The van der Waals surface area contributed by atoms with Gasteiger partial charge in [-0.2, -0.15) is 5.10 Å². The fourth-order valence-electron chi connectivity index (χ4n) is 3.58. The Hall–Kier alpha value is -4.01. The predicted molar refractivity (Wildman–Crippen MR) is 145 cm³/mol. The van der Waals surface area contributed by atoms with Gasteiger partial charge in [-0.15, -0.1) is 0 Å². The summed E-state index contributed by atoms with van der Waals surface area (Å²) in [4.78, 5) is 36.9. The molecule has 0 unspecified atom stereocenters. The number of benzene rings is 2. The number of esters is 1. The molecule has 0 fully saturated rings. The van der Waals surface area contributed by atoms with E-state index in [1.807, 2.05) is 22.6 Å². The summed E-state index contributed by atoms with van der Waals surface area (Å²) in [5, 5.41) is 19.1. The molecule has 13 heteroatoms. The molecule has 0 bridgehead atoms. The average Bonchev–Trinajstić information content (AvgIpc) is 2.88. The third kappa shape index (κ3) is 6.85. The first-order valence-corrected chi connectivity index (χ1v) is 12.4. The van der Waals surface area contributed by atoms with Gasteiger partial charge in [-0.1, -0.05) is 6.07 Å². The molecular weight excluding hydrogens is 611 g/mol. The van der Waals surface area contributed by atoms with Gasteiger partial charge in [0.2, 0.25) is 0 Å². The van der Waals surface area contributed by atoms with Crippen molar-refractivity contribution in [3.63, 3.8) is 0 Å². The van der Waals surface area contributed by atoms with Gasteiger partial charge in [0.25, 0.3) is 5.91 Å². The monoisotopic (exact) mass is 638 g/mol. The summed E-state index contributed by atoms with van der Waals surface area (Å²) in [5.74, 6) is -0.216. The average molecular weight is 638 g/mol. The van der Waals surface area contributed by atoms with Crippen molar-refractivity contribution in [2.24, 2.45) is 5.10 Å². The SMILES string of the molecule is CCOC(=O)C1=C(C)NC(=O)N[C@@H]1c1ccc(OCC(=O)N/N=C\c2cc(I)c(O)c(OC)c2)c(OC)c1. The van der Waals surface area contributed by atoms with E-state index in [1.165, 1.54) is 20.4 Å². The van der Waals surface area contributed by atoms with E-state index in [0.29, 0.717) is 26.1 Å². The topological polar surface area (TPSA) is 157 Å². The fourth-order valence-corrected chi connectivity index (χ4v) is 4.21. The minimum Gasteiger partial charge on any atom is -0.504 e.